The quantitative estimate of drug-likeness (QED) is 0.0558. The van der Waals surface area contributed by atoms with Crippen molar-refractivity contribution in [1.29, 1.82) is 0 Å². The van der Waals surface area contributed by atoms with Crippen molar-refractivity contribution in [3.05, 3.63) is 0 Å². The Kier molecular flexibility index (Phi) is 39.2. The van der Waals surface area contributed by atoms with Crippen LogP contribution in [0.3, 0.4) is 0 Å². The second-order valence-corrected chi connectivity index (χ2v) is 10.3. The Bertz CT molecular complexity index is 498. The molecular formula is C26H60N2O10S. The molecule has 0 heterocycles. The lowest BCUT2D eigenvalue weighted by molar-refractivity contribution is 0.136. The van der Waals surface area contributed by atoms with E-state index >= 15 is 0 Å². The average Bonchev–Trinajstić information content (AvgIpc) is 2.88. The monoisotopic (exact) mass is 592 g/mol. The molecule has 0 saturated carbocycles. The summed E-state index contributed by atoms with van der Waals surface area (Å²) in [6.45, 7) is 5.84. The number of rotatable bonds is 26. The van der Waals surface area contributed by atoms with Gasteiger partial charge in [-0.25, -0.2) is 4.18 Å². The zero-order valence-corrected chi connectivity index (χ0v) is 25.2. The Morgan fingerprint density at radius 3 is 0.974 bits per heavy atom. The Hall–Kier alpha value is -0.450. The van der Waals surface area contributed by atoms with Gasteiger partial charge in [0.2, 0.25) is 0 Å². The molecule has 0 atom stereocenters. The summed E-state index contributed by atoms with van der Waals surface area (Å²) in [5.74, 6) is 0. The maximum atomic E-state index is 10.3. The highest BCUT2D eigenvalue weighted by atomic mass is 32.3. The molecule has 0 aromatic heterocycles. The molecule has 7 N–H and O–H groups in total. The minimum Gasteiger partial charge on any atom is -0.395 e. The molecule has 0 aliphatic carbocycles. The number of unbranched alkanes of at least 4 members (excludes halogenated alkanes) is 11. The average molecular weight is 593 g/mol. The molecule has 39 heavy (non-hydrogen) atoms. The van der Waals surface area contributed by atoms with Gasteiger partial charge in [-0.2, -0.15) is 8.42 Å². The molecule has 0 saturated heterocycles. The fraction of sp³-hybridized carbons (Fsp3) is 1.00. The topological polar surface area (TPSA) is 191 Å². The van der Waals surface area contributed by atoms with Gasteiger partial charge < -0.3 is 30.6 Å². The van der Waals surface area contributed by atoms with Crippen LogP contribution in [0.4, 0.5) is 0 Å². The van der Waals surface area contributed by atoms with Crippen LogP contribution in [0.15, 0.2) is 0 Å². The first-order valence-corrected chi connectivity index (χ1v) is 15.8. The van der Waals surface area contributed by atoms with Crippen molar-refractivity contribution in [2.75, 3.05) is 85.5 Å². The van der Waals surface area contributed by atoms with Crippen molar-refractivity contribution in [1.82, 2.24) is 9.80 Å². The second-order valence-electron chi connectivity index (χ2n) is 9.16. The number of nitrogens with zero attached hydrogens (tertiary/aromatic N) is 2. The number of aliphatic hydroxyl groups excluding tert-OH is 6. The molecule has 0 aromatic carbocycles. The van der Waals surface area contributed by atoms with E-state index in [4.69, 9.17) is 35.2 Å². The normalized spacial score (nSPS) is 11.3. The molecular weight excluding hydrogens is 532 g/mol. The van der Waals surface area contributed by atoms with E-state index in [9.17, 15) is 8.42 Å². The molecule has 13 heteroatoms. The first-order valence-electron chi connectivity index (χ1n) is 14.5. The minimum atomic E-state index is -4.24. The highest BCUT2D eigenvalue weighted by Gasteiger charge is 2.03. The Labute approximate surface area is 237 Å². The predicted octanol–water partition coefficient (Wildman–Crippen LogP) is 1.04. The minimum absolute atomic E-state index is 0.0694. The van der Waals surface area contributed by atoms with Gasteiger partial charge in [-0.3, -0.25) is 14.4 Å². The highest BCUT2D eigenvalue weighted by molar-refractivity contribution is 7.80. The maximum Gasteiger partial charge on any atom is 0.397 e. The summed E-state index contributed by atoms with van der Waals surface area (Å²) in [7, 11) is -4.24. The third-order valence-corrected chi connectivity index (χ3v) is 6.19. The fourth-order valence-electron chi connectivity index (χ4n) is 3.63. The van der Waals surface area contributed by atoms with E-state index in [-0.39, 0.29) is 46.2 Å². The largest absolute Gasteiger partial charge is 0.397 e. The molecule has 240 valence electrons. The van der Waals surface area contributed by atoms with Crippen LogP contribution >= 0.6 is 0 Å². The number of hydrogen-bond donors (Lipinski definition) is 7. The molecule has 0 amide bonds. The summed E-state index contributed by atoms with van der Waals surface area (Å²) < 4.78 is 33.1. The van der Waals surface area contributed by atoms with Crippen LogP contribution in [-0.2, 0) is 14.6 Å². The first kappa shape index (κ1) is 43.0. The molecule has 0 aliphatic rings. The van der Waals surface area contributed by atoms with Crippen molar-refractivity contribution < 1.29 is 47.8 Å². The molecule has 0 aromatic rings. The van der Waals surface area contributed by atoms with Crippen molar-refractivity contribution in [2.45, 2.75) is 84.0 Å². The summed E-state index contributed by atoms with van der Waals surface area (Å²) >= 11 is 0. The third kappa shape index (κ3) is 42.2. The van der Waals surface area contributed by atoms with Crippen LogP contribution in [0.25, 0.3) is 0 Å². The molecule has 0 spiro atoms. The molecule has 0 fully saturated rings. The van der Waals surface area contributed by atoms with E-state index in [0.29, 0.717) is 45.7 Å². The van der Waals surface area contributed by atoms with Crippen LogP contribution in [0.2, 0.25) is 0 Å². The van der Waals surface area contributed by atoms with E-state index in [2.05, 4.69) is 11.1 Å². The zero-order chi connectivity index (χ0) is 30.0. The SMILES string of the molecule is CCCCCCCCCCCCCCOS(=O)(=O)O.OCCN(CCO)CCO.OCCN(CCO)CCO. The van der Waals surface area contributed by atoms with Crippen molar-refractivity contribution in [3.8, 4) is 0 Å². The van der Waals surface area contributed by atoms with Gasteiger partial charge in [0.05, 0.1) is 46.2 Å². The summed E-state index contributed by atoms with van der Waals surface area (Å²) in [5.41, 5.74) is 0. The van der Waals surface area contributed by atoms with Gasteiger partial charge >= 0.3 is 10.4 Å². The lowest BCUT2D eigenvalue weighted by atomic mass is 10.1. The lowest BCUT2D eigenvalue weighted by Crippen LogP contribution is -2.32. The summed E-state index contributed by atoms with van der Waals surface area (Å²) in [5, 5.41) is 50.9. The smallest absolute Gasteiger partial charge is 0.395 e. The van der Waals surface area contributed by atoms with Crippen LogP contribution in [0.1, 0.15) is 84.0 Å². The van der Waals surface area contributed by atoms with Crippen LogP contribution in [0, 0.1) is 0 Å². The highest BCUT2D eigenvalue weighted by Crippen LogP contribution is 2.12. The van der Waals surface area contributed by atoms with Gasteiger partial charge in [-0.1, -0.05) is 77.6 Å². The molecule has 0 bridgehead atoms. The first-order chi connectivity index (χ1) is 18.8. The number of hydrogen-bond acceptors (Lipinski definition) is 11. The predicted molar refractivity (Wildman–Crippen MR) is 154 cm³/mol. The van der Waals surface area contributed by atoms with E-state index in [1.54, 1.807) is 9.80 Å². The summed E-state index contributed by atoms with van der Waals surface area (Å²) in [6.07, 6.45) is 14.7. The zero-order valence-electron chi connectivity index (χ0n) is 24.3. The summed E-state index contributed by atoms with van der Waals surface area (Å²) in [6, 6.07) is 0. The Balaban J connectivity index is -0.000000547. The van der Waals surface area contributed by atoms with E-state index in [1.807, 2.05) is 0 Å². The van der Waals surface area contributed by atoms with Gasteiger partial charge in [0, 0.05) is 39.3 Å². The van der Waals surface area contributed by atoms with E-state index < -0.39 is 10.4 Å². The van der Waals surface area contributed by atoms with Crippen LogP contribution in [0.5, 0.6) is 0 Å². The number of aliphatic hydroxyl groups is 6. The van der Waals surface area contributed by atoms with Gasteiger partial charge in [-0.15, -0.1) is 0 Å². The molecule has 12 nitrogen and oxygen atoms in total. The molecule has 0 aliphatic heterocycles. The lowest BCUT2D eigenvalue weighted by Gasteiger charge is -2.17. The van der Waals surface area contributed by atoms with Gasteiger partial charge in [0.25, 0.3) is 0 Å². The fourth-order valence-corrected chi connectivity index (χ4v) is 3.96. The van der Waals surface area contributed by atoms with Crippen LogP contribution < -0.4 is 0 Å². The Morgan fingerprint density at radius 1 is 0.487 bits per heavy atom. The van der Waals surface area contributed by atoms with Crippen LogP contribution in [-0.4, -0.2) is 139 Å². The van der Waals surface area contributed by atoms with E-state index in [0.717, 1.165) is 12.8 Å². The standard InChI is InChI=1S/C14H30O4S.2C6H15NO3/c1-2-3-4-5-6-7-8-9-10-11-12-13-14-18-19(15,16)17;2*8-4-1-7(2-5-9)3-6-10/h2-14H2,1H3,(H,15,16,17);2*8-10H,1-6H2. The summed E-state index contributed by atoms with van der Waals surface area (Å²) in [4.78, 5) is 3.58. The van der Waals surface area contributed by atoms with Crippen molar-refractivity contribution in [3.63, 3.8) is 0 Å². The molecule has 0 radical (unpaired) electrons. The second kappa shape index (κ2) is 35.6. The van der Waals surface area contributed by atoms with E-state index in [1.165, 1.54) is 57.8 Å². The van der Waals surface area contributed by atoms with Crippen molar-refractivity contribution in [2.24, 2.45) is 0 Å². The Morgan fingerprint density at radius 2 is 0.744 bits per heavy atom. The van der Waals surface area contributed by atoms with Gasteiger partial charge in [0.1, 0.15) is 0 Å². The molecule has 0 unspecified atom stereocenters. The van der Waals surface area contributed by atoms with Gasteiger partial charge in [0.15, 0.2) is 0 Å². The van der Waals surface area contributed by atoms with Crippen molar-refractivity contribution >= 4 is 10.4 Å². The maximum absolute atomic E-state index is 10.3. The third-order valence-electron chi connectivity index (χ3n) is 5.73. The molecule has 0 rings (SSSR count). The van der Waals surface area contributed by atoms with Gasteiger partial charge in [-0.05, 0) is 6.42 Å².